The lowest BCUT2D eigenvalue weighted by molar-refractivity contribution is 1.18. The summed E-state index contributed by atoms with van der Waals surface area (Å²) in [6, 6.07) is 57.6. The van der Waals surface area contributed by atoms with Crippen LogP contribution >= 0.6 is 0 Å². The average Bonchev–Trinajstić information content (AvgIpc) is 3.75. The van der Waals surface area contributed by atoms with E-state index in [4.69, 9.17) is 0 Å². The van der Waals surface area contributed by atoms with Gasteiger partial charge in [-0.05, 0) is 94.4 Å². The van der Waals surface area contributed by atoms with E-state index in [0.717, 1.165) is 0 Å². The summed E-state index contributed by atoms with van der Waals surface area (Å²) >= 11 is 0. The van der Waals surface area contributed by atoms with E-state index in [1.165, 1.54) is 93.8 Å². The quantitative estimate of drug-likeness (QED) is 0.191. The number of aryl methyl sites for hydroxylation is 1. The van der Waals surface area contributed by atoms with Gasteiger partial charge in [-0.3, -0.25) is 0 Å². The molecule has 0 atom stereocenters. The van der Waals surface area contributed by atoms with E-state index in [-0.39, 0.29) is 0 Å². The Labute approximate surface area is 273 Å². The van der Waals surface area contributed by atoms with Gasteiger partial charge in [0.2, 0.25) is 0 Å². The van der Waals surface area contributed by atoms with Gasteiger partial charge in [0.15, 0.2) is 0 Å². The van der Waals surface area contributed by atoms with Crippen LogP contribution in [0.1, 0.15) is 16.7 Å². The standard InChI is InChI=1S/C45H30N2/c1-29-12-11-19-37-33-15-5-6-16-34(33)40(45(29)37)28-46-41-20-9-7-17-35(41)38-26-30(22-24-42(38)46)31-23-25-44-39(27-31)36-18-8-10-21-43(36)47(44)32-13-3-2-4-14-32/h2-28H,1H3/b40-28-. The van der Waals surface area contributed by atoms with Crippen molar-refractivity contribution in [2.24, 2.45) is 0 Å². The molecule has 0 aliphatic heterocycles. The third kappa shape index (κ3) is 3.79. The summed E-state index contributed by atoms with van der Waals surface area (Å²) in [6.45, 7) is 2.23. The fraction of sp³-hybridized carbons (Fsp3) is 0.0222. The Kier molecular flexibility index (Phi) is 5.53. The van der Waals surface area contributed by atoms with Crippen molar-refractivity contribution in [3.8, 4) is 27.9 Å². The van der Waals surface area contributed by atoms with Gasteiger partial charge in [0.25, 0.3) is 0 Å². The molecule has 0 N–H and O–H groups in total. The second kappa shape index (κ2) is 9.94. The van der Waals surface area contributed by atoms with Crippen LogP contribution in [0.2, 0.25) is 0 Å². The van der Waals surface area contributed by atoms with Crippen molar-refractivity contribution in [3.05, 3.63) is 174 Å². The largest absolute Gasteiger partial charge is 0.315 e. The van der Waals surface area contributed by atoms with Crippen molar-refractivity contribution >= 4 is 55.4 Å². The molecule has 0 bridgehead atoms. The van der Waals surface area contributed by atoms with Crippen LogP contribution < -0.4 is 0 Å². The highest BCUT2D eigenvalue weighted by Gasteiger charge is 2.25. The molecule has 0 unspecified atom stereocenters. The normalized spacial score (nSPS) is 13.3. The van der Waals surface area contributed by atoms with E-state index in [1.807, 2.05) is 0 Å². The maximum atomic E-state index is 2.40. The van der Waals surface area contributed by atoms with Crippen LogP contribution in [-0.4, -0.2) is 9.13 Å². The molecule has 0 radical (unpaired) electrons. The summed E-state index contributed by atoms with van der Waals surface area (Å²) in [5.41, 5.74) is 16.3. The molecule has 0 fully saturated rings. The van der Waals surface area contributed by atoms with E-state index < -0.39 is 0 Å². The molecule has 1 aliphatic carbocycles. The zero-order chi connectivity index (χ0) is 31.1. The summed E-state index contributed by atoms with van der Waals surface area (Å²) < 4.78 is 4.78. The monoisotopic (exact) mass is 598 g/mol. The van der Waals surface area contributed by atoms with Crippen LogP contribution in [0.5, 0.6) is 0 Å². The summed E-state index contributed by atoms with van der Waals surface area (Å²) in [5.74, 6) is 0. The van der Waals surface area contributed by atoms with Crippen LogP contribution in [-0.2, 0) is 0 Å². The Hall–Kier alpha value is -6.12. The summed E-state index contributed by atoms with van der Waals surface area (Å²) in [5, 5.41) is 5.06. The second-order valence-corrected chi connectivity index (χ2v) is 12.6. The van der Waals surface area contributed by atoms with Crippen molar-refractivity contribution in [1.82, 2.24) is 9.13 Å². The number of benzene rings is 7. The molecule has 220 valence electrons. The third-order valence-electron chi connectivity index (χ3n) is 10.0. The fourth-order valence-corrected chi connectivity index (χ4v) is 7.93. The first-order valence-electron chi connectivity index (χ1n) is 16.3. The van der Waals surface area contributed by atoms with E-state index in [2.05, 4.69) is 180 Å². The van der Waals surface area contributed by atoms with Crippen molar-refractivity contribution in [3.63, 3.8) is 0 Å². The molecule has 0 amide bonds. The Balaban J connectivity index is 1.18. The maximum absolute atomic E-state index is 2.40. The van der Waals surface area contributed by atoms with Crippen molar-refractivity contribution in [1.29, 1.82) is 0 Å². The smallest absolute Gasteiger partial charge is 0.0541 e. The first kappa shape index (κ1) is 26.1. The van der Waals surface area contributed by atoms with Gasteiger partial charge < -0.3 is 9.13 Å². The summed E-state index contributed by atoms with van der Waals surface area (Å²) in [6.07, 6.45) is 2.37. The molecule has 2 heterocycles. The Morgan fingerprint density at radius 3 is 1.77 bits per heavy atom. The molecule has 0 saturated heterocycles. The van der Waals surface area contributed by atoms with Crippen molar-refractivity contribution in [2.45, 2.75) is 6.92 Å². The zero-order valence-corrected chi connectivity index (χ0v) is 26.0. The molecular weight excluding hydrogens is 569 g/mol. The van der Waals surface area contributed by atoms with Gasteiger partial charge in [-0.15, -0.1) is 0 Å². The van der Waals surface area contributed by atoms with Gasteiger partial charge in [-0.1, -0.05) is 109 Å². The molecule has 47 heavy (non-hydrogen) atoms. The molecule has 7 aromatic carbocycles. The highest BCUT2D eigenvalue weighted by molar-refractivity contribution is 6.14. The fourth-order valence-electron chi connectivity index (χ4n) is 7.93. The first-order chi connectivity index (χ1) is 23.2. The zero-order valence-electron chi connectivity index (χ0n) is 26.0. The predicted octanol–water partition coefficient (Wildman–Crippen LogP) is 11.9. The number of rotatable bonds is 3. The Morgan fingerprint density at radius 1 is 0.426 bits per heavy atom. The summed E-state index contributed by atoms with van der Waals surface area (Å²) in [7, 11) is 0. The van der Waals surface area contributed by atoms with E-state index in [1.54, 1.807) is 0 Å². The molecule has 9 aromatic rings. The van der Waals surface area contributed by atoms with E-state index in [0.29, 0.717) is 0 Å². The van der Waals surface area contributed by atoms with Crippen molar-refractivity contribution < 1.29 is 0 Å². The van der Waals surface area contributed by atoms with Crippen LogP contribution in [0.3, 0.4) is 0 Å². The molecular formula is C45H30N2. The van der Waals surface area contributed by atoms with Gasteiger partial charge in [0.1, 0.15) is 0 Å². The van der Waals surface area contributed by atoms with Gasteiger partial charge in [0, 0.05) is 39.0 Å². The number of fused-ring (bicyclic) bond motifs is 9. The number of hydrogen-bond donors (Lipinski definition) is 0. The van der Waals surface area contributed by atoms with Gasteiger partial charge in [-0.25, -0.2) is 0 Å². The topological polar surface area (TPSA) is 9.86 Å². The average molecular weight is 599 g/mol. The lowest BCUT2D eigenvalue weighted by atomic mass is 10.00. The van der Waals surface area contributed by atoms with E-state index >= 15 is 0 Å². The van der Waals surface area contributed by atoms with Crippen LogP contribution in [0.4, 0.5) is 0 Å². The Bertz CT molecular complexity index is 2740. The van der Waals surface area contributed by atoms with Gasteiger partial charge in [0.05, 0.1) is 22.1 Å². The maximum Gasteiger partial charge on any atom is 0.0541 e. The minimum atomic E-state index is 1.18. The molecule has 10 rings (SSSR count). The SMILES string of the molecule is Cc1cccc2c1/C(=C\n1c3ccccc3c3cc(-c4ccc5c(c4)c4ccccc4n5-c4ccccc4)ccc31)c1ccccc1-2. The van der Waals surface area contributed by atoms with Crippen LogP contribution in [0, 0.1) is 6.92 Å². The minimum absolute atomic E-state index is 1.18. The van der Waals surface area contributed by atoms with Crippen LogP contribution in [0.25, 0.3) is 83.3 Å². The van der Waals surface area contributed by atoms with E-state index in [9.17, 15) is 0 Å². The predicted molar refractivity (Wildman–Crippen MR) is 199 cm³/mol. The second-order valence-electron chi connectivity index (χ2n) is 12.6. The highest BCUT2D eigenvalue weighted by atomic mass is 15.0. The number of hydrogen-bond acceptors (Lipinski definition) is 0. The van der Waals surface area contributed by atoms with Crippen LogP contribution in [0.15, 0.2) is 158 Å². The highest BCUT2D eigenvalue weighted by Crippen LogP contribution is 2.47. The van der Waals surface area contributed by atoms with Gasteiger partial charge >= 0.3 is 0 Å². The molecule has 0 spiro atoms. The minimum Gasteiger partial charge on any atom is -0.315 e. The number of nitrogens with zero attached hydrogens (tertiary/aromatic N) is 2. The lowest BCUT2D eigenvalue weighted by Gasteiger charge is -2.10. The van der Waals surface area contributed by atoms with Gasteiger partial charge in [-0.2, -0.15) is 0 Å². The van der Waals surface area contributed by atoms with Crippen molar-refractivity contribution in [2.75, 3.05) is 0 Å². The first-order valence-corrected chi connectivity index (χ1v) is 16.3. The molecule has 2 heteroatoms. The number of para-hydroxylation sites is 3. The molecule has 1 aliphatic rings. The molecule has 2 nitrogen and oxygen atoms in total. The lowest BCUT2D eigenvalue weighted by Crippen LogP contribution is -1.93. The summed E-state index contributed by atoms with van der Waals surface area (Å²) in [4.78, 5) is 0. The number of aromatic nitrogens is 2. The Morgan fingerprint density at radius 2 is 0.979 bits per heavy atom. The molecule has 0 saturated carbocycles. The molecule has 2 aromatic heterocycles. The third-order valence-corrected chi connectivity index (χ3v) is 10.0.